The molecule has 2 amide bonds. The zero-order chi connectivity index (χ0) is 21.5. The van der Waals surface area contributed by atoms with E-state index in [4.69, 9.17) is 11.6 Å². The van der Waals surface area contributed by atoms with Gasteiger partial charge >= 0.3 is 0 Å². The molecule has 6 heteroatoms. The van der Waals surface area contributed by atoms with Gasteiger partial charge in [0.2, 0.25) is 11.8 Å². The summed E-state index contributed by atoms with van der Waals surface area (Å²) < 4.78 is 0. The van der Waals surface area contributed by atoms with E-state index in [-0.39, 0.29) is 28.6 Å². The molecule has 2 saturated carbocycles. The fraction of sp³-hybridized carbons (Fsp3) is 0.480. The first kappa shape index (κ1) is 20.5. The van der Waals surface area contributed by atoms with Crippen LogP contribution in [0, 0.1) is 11.3 Å². The maximum Gasteiger partial charge on any atom is 0.233 e. The van der Waals surface area contributed by atoms with E-state index in [1.165, 1.54) is 0 Å². The molecule has 0 unspecified atom stereocenters. The molecule has 0 bridgehead atoms. The fourth-order valence-electron chi connectivity index (χ4n) is 5.23. The number of amides is 2. The van der Waals surface area contributed by atoms with Gasteiger partial charge in [0.25, 0.3) is 0 Å². The third-order valence-corrected chi connectivity index (χ3v) is 7.77. The Bertz CT molecular complexity index is 964. The minimum absolute atomic E-state index is 0.0969. The van der Waals surface area contributed by atoms with Crippen molar-refractivity contribution in [2.24, 2.45) is 11.3 Å². The van der Waals surface area contributed by atoms with Gasteiger partial charge in [-0.15, -0.1) is 0 Å². The second kappa shape index (κ2) is 7.94. The number of rotatable bonds is 6. The Kier molecular flexibility index (Phi) is 5.25. The smallest absolute Gasteiger partial charge is 0.233 e. The summed E-state index contributed by atoms with van der Waals surface area (Å²) in [6, 6.07) is 13.6. The Morgan fingerprint density at radius 2 is 1.81 bits per heavy atom. The number of hydrogen-bond donors (Lipinski definition) is 1. The lowest BCUT2D eigenvalue weighted by atomic mass is 9.88. The summed E-state index contributed by atoms with van der Waals surface area (Å²) in [7, 11) is 0. The van der Waals surface area contributed by atoms with Crippen molar-refractivity contribution in [2.45, 2.75) is 43.9 Å². The van der Waals surface area contributed by atoms with Crippen LogP contribution in [0.25, 0.3) is 0 Å². The quantitative estimate of drug-likeness (QED) is 0.748. The van der Waals surface area contributed by atoms with Crippen molar-refractivity contribution in [3.63, 3.8) is 0 Å². The van der Waals surface area contributed by atoms with Crippen LogP contribution in [0.1, 0.15) is 43.4 Å². The van der Waals surface area contributed by atoms with Gasteiger partial charge in [0.15, 0.2) is 0 Å². The molecule has 1 aromatic heterocycles. The first-order chi connectivity index (χ1) is 15.0. The topological polar surface area (TPSA) is 62.3 Å². The van der Waals surface area contributed by atoms with Gasteiger partial charge in [0.1, 0.15) is 0 Å². The average Bonchev–Trinajstić information content (AvgIpc) is 3.71. The van der Waals surface area contributed by atoms with Crippen LogP contribution in [-0.4, -0.2) is 41.3 Å². The van der Waals surface area contributed by atoms with Crippen LogP contribution in [-0.2, 0) is 21.4 Å². The first-order valence-corrected chi connectivity index (χ1v) is 11.6. The molecule has 162 valence electrons. The molecule has 2 aromatic rings. The van der Waals surface area contributed by atoms with Crippen molar-refractivity contribution in [1.82, 2.24) is 15.2 Å². The molecule has 1 spiro atoms. The number of nitrogens with zero attached hydrogens (tertiary/aromatic N) is 2. The monoisotopic (exact) mass is 437 g/mol. The number of halogens is 1. The molecule has 1 saturated heterocycles. The van der Waals surface area contributed by atoms with Crippen LogP contribution >= 0.6 is 11.6 Å². The fourth-order valence-corrected chi connectivity index (χ4v) is 5.36. The Labute approximate surface area is 188 Å². The van der Waals surface area contributed by atoms with E-state index in [1.807, 2.05) is 47.4 Å². The summed E-state index contributed by atoms with van der Waals surface area (Å²) in [5, 5.41) is 3.79. The molecule has 3 fully saturated rings. The number of piperidine rings is 1. The van der Waals surface area contributed by atoms with Crippen molar-refractivity contribution in [3.05, 3.63) is 64.9 Å². The van der Waals surface area contributed by atoms with Crippen molar-refractivity contribution in [2.75, 3.05) is 19.6 Å². The SMILES string of the molecule is O=C(NCCc1ccccn1)[C@H]1CC12CCN(C(=O)C1(c3ccc(Cl)cc3)CC1)CC2. The molecule has 5 nitrogen and oxygen atoms in total. The summed E-state index contributed by atoms with van der Waals surface area (Å²) in [5.74, 6) is 0.511. The van der Waals surface area contributed by atoms with Gasteiger partial charge in [-0.1, -0.05) is 29.8 Å². The molecule has 3 aliphatic rings. The highest BCUT2D eigenvalue weighted by Gasteiger charge is 2.60. The molecular formula is C25H28ClN3O2. The van der Waals surface area contributed by atoms with Gasteiger partial charge in [-0.2, -0.15) is 0 Å². The van der Waals surface area contributed by atoms with Crippen molar-refractivity contribution < 1.29 is 9.59 Å². The number of hydrogen-bond acceptors (Lipinski definition) is 3. The van der Waals surface area contributed by atoms with Gasteiger partial charge in [-0.05, 0) is 67.3 Å². The first-order valence-electron chi connectivity index (χ1n) is 11.3. The van der Waals surface area contributed by atoms with Gasteiger partial charge < -0.3 is 10.2 Å². The molecule has 0 radical (unpaired) electrons. The zero-order valence-corrected chi connectivity index (χ0v) is 18.4. The van der Waals surface area contributed by atoms with Gasteiger partial charge in [-0.25, -0.2) is 0 Å². The van der Waals surface area contributed by atoms with E-state index >= 15 is 0 Å². The molecule has 1 aromatic carbocycles. The molecule has 31 heavy (non-hydrogen) atoms. The summed E-state index contributed by atoms with van der Waals surface area (Å²) in [6.07, 6.45) is 7.16. The van der Waals surface area contributed by atoms with E-state index in [9.17, 15) is 9.59 Å². The second-order valence-corrected chi connectivity index (χ2v) is 9.80. The Morgan fingerprint density at radius 1 is 1.06 bits per heavy atom. The Hall–Kier alpha value is -2.40. The van der Waals surface area contributed by atoms with E-state index < -0.39 is 0 Å². The predicted octanol–water partition coefficient (Wildman–Crippen LogP) is 3.75. The molecule has 1 aliphatic heterocycles. The molecule has 1 N–H and O–H groups in total. The standard InChI is InChI=1S/C25H28ClN3O2/c26-19-6-4-18(5-7-19)25(9-10-25)23(31)29-15-11-24(12-16-29)17-21(24)22(30)28-14-8-20-3-1-2-13-27-20/h1-7,13,21H,8-12,14-17H2,(H,28,30)/t21-/m1/s1. The minimum atomic E-state index is -0.346. The van der Waals surface area contributed by atoms with Crippen LogP contribution in [0.3, 0.4) is 0 Å². The number of aromatic nitrogens is 1. The lowest BCUT2D eigenvalue weighted by molar-refractivity contribution is -0.135. The largest absolute Gasteiger partial charge is 0.355 e. The third-order valence-electron chi connectivity index (χ3n) is 7.52. The lowest BCUT2D eigenvalue weighted by Gasteiger charge is -2.35. The van der Waals surface area contributed by atoms with Crippen LogP contribution < -0.4 is 5.32 Å². The van der Waals surface area contributed by atoms with Crippen LogP contribution in [0.4, 0.5) is 0 Å². The number of likely N-dealkylation sites (tertiary alicyclic amines) is 1. The van der Waals surface area contributed by atoms with Crippen molar-refractivity contribution in [1.29, 1.82) is 0 Å². The van der Waals surface area contributed by atoms with Gasteiger partial charge in [0, 0.05) is 48.9 Å². The average molecular weight is 438 g/mol. The van der Waals surface area contributed by atoms with Crippen LogP contribution in [0.15, 0.2) is 48.7 Å². The highest BCUT2D eigenvalue weighted by atomic mass is 35.5. The maximum absolute atomic E-state index is 13.3. The van der Waals surface area contributed by atoms with Crippen molar-refractivity contribution in [3.8, 4) is 0 Å². The number of benzene rings is 1. The lowest BCUT2D eigenvalue weighted by Crippen LogP contribution is -2.45. The van der Waals surface area contributed by atoms with Gasteiger partial charge in [-0.3, -0.25) is 14.6 Å². The van der Waals surface area contributed by atoms with E-state index in [1.54, 1.807) is 6.20 Å². The molecular weight excluding hydrogens is 410 g/mol. The summed E-state index contributed by atoms with van der Waals surface area (Å²) in [4.78, 5) is 32.3. The Morgan fingerprint density at radius 3 is 2.45 bits per heavy atom. The van der Waals surface area contributed by atoms with E-state index in [0.29, 0.717) is 11.6 Å². The minimum Gasteiger partial charge on any atom is -0.355 e. The third kappa shape index (κ3) is 3.96. The normalized spacial score (nSPS) is 22.7. The summed E-state index contributed by atoms with van der Waals surface area (Å²) in [5.41, 5.74) is 1.83. The molecule has 2 aliphatic carbocycles. The molecule has 1 atom stereocenters. The highest BCUT2D eigenvalue weighted by Crippen LogP contribution is 2.60. The summed E-state index contributed by atoms with van der Waals surface area (Å²) >= 11 is 6.02. The maximum atomic E-state index is 13.3. The number of nitrogens with one attached hydrogen (secondary N) is 1. The predicted molar refractivity (Wildman–Crippen MR) is 120 cm³/mol. The highest BCUT2D eigenvalue weighted by molar-refractivity contribution is 6.30. The number of carbonyl (C=O) groups excluding carboxylic acids is 2. The number of carbonyl (C=O) groups is 2. The number of pyridine rings is 1. The molecule has 5 rings (SSSR count). The second-order valence-electron chi connectivity index (χ2n) is 9.36. The van der Waals surface area contributed by atoms with Gasteiger partial charge in [0.05, 0.1) is 5.41 Å². The zero-order valence-electron chi connectivity index (χ0n) is 17.6. The van der Waals surface area contributed by atoms with Crippen LogP contribution in [0.5, 0.6) is 0 Å². The Balaban J connectivity index is 1.12. The van der Waals surface area contributed by atoms with E-state index in [0.717, 1.165) is 62.9 Å². The van der Waals surface area contributed by atoms with Crippen molar-refractivity contribution >= 4 is 23.4 Å². The summed E-state index contributed by atoms with van der Waals surface area (Å²) in [6.45, 7) is 2.13. The van der Waals surface area contributed by atoms with Crippen LogP contribution in [0.2, 0.25) is 5.02 Å². The van der Waals surface area contributed by atoms with E-state index in [2.05, 4.69) is 10.3 Å². The molecule has 2 heterocycles.